The van der Waals surface area contributed by atoms with Crippen LogP contribution in [0, 0.1) is 10.1 Å². The molecule has 0 bridgehead atoms. The van der Waals surface area contributed by atoms with Crippen LogP contribution in [0.3, 0.4) is 0 Å². The van der Waals surface area contributed by atoms with E-state index in [0.717, 1.165) is 5.82 Å². The van der Waals surface area contributed by atoms with Crippen LogP contribution in [-0.4, -0.2) is 58.8 Å². The van der Waals surface area contributed by atoms with Gasteiger partial charge in [0.05, 0.1) is 10.4 Å². The Hall–Kier alpha value is -3.57. The van der Waals surface area contributed by atoms with E-state index >= 15 is 0 Å². The summed E-state index contributed by atoms with van der Waals surface area (Å²) in [6, 6.07) is 11.6. The van der Waals surface area contributed by atoms with Crippen LogP contribution in [0.15, 0.2) is 59.8 Å². The van der Waals surface area contributed by atoms with Gasteiger partial charge in [0.1, 0.15) is 16.4 Å². The highest BCUT2D eigenvalue weighted by atomic mass is 32.2. The number of fused-ring (bicyclic) bond motifs is 2. The van der Waals surface area contributed by atoms with Gasteiger partial charge in [0.15, 0.2) is 0 Å². The first-order valence-electron chi connectivity index (χ1n) is 9.66. The van der Waals surface area contributed by atoms with Gasteiger partial charge < -0.3 is 9.88 Å². The standard InChI is InChI=1S/C20H18N6O4S/c27-26(28)15-4-5-17-14(12-15)3-6-19(23-17)24-8-10-25(11-9-24)31(29,30)18-13-22-20-16(18)2-1-7-21-20/h1-7,12-13H,8-11H2,(H,21,22). The SMILES string of the molecule is O=[N+]([O-])c1ccc2nc(N3CCN(S(=O)(=O)c4c[nH]c5ncccc45)CC3)ccc2c1. The molecule has 5 rings (SSSR count). The van der Waals surface area contributed by atoms with Gasteiger partial charge in [-0.05, 0) is 30.3 Å². The Bertz CT molecular complexity index is 1410. The van der Waals surface area contributed by atoms with Crippen molar-refractivity contribution in [2.75, 3.05) is 31.1 Å². The van der Waals surface area contributed by atoms with Crippen LogP contribution in [0.2, 0.25) is 0 Å². The first-order valence-corrected chi connectivity index (χ1v) is 11.1. The minimum Gasteiger partial charge on any atom is -0.354 e. The van der Waals surface area contributed by atoms with Crippen molar-refractivity contribution in [1.29, 1.82) is 0 Å². The molecule has 0 spiro atoms. The van der Waals surface area contributed by atoms with Gasteiger partial charge in [-0.3, -0.25) is 10.1 Å². The Morgan fingerprint density at radius 1 is 1.06 bits per heavy atom. The second-order valence-electron chi connectivity index (χ2n) is 7.25. The molecule has 1 saturated heterocycles. The zero-order valence-electron chi connectivity index (χ0n) is 16.3. The summed E-state index contributed by atoms with van der Waals surface area (Å²) in [5.41, 5.74) is 1.22. The number of rotatable bonds is 4. The molecule has 31 heavy (non-hydrogen) atoms. The number of nitrogens with one attached hydrogen (secondary N) is 1. The summed E-state index contributed by atoms with van der Waals surface area (Å²) in [5, 5.41) is 12.2. The molecule has 10 nitrogen and oxygen atoms in total. The zero-order chi connectivity index (χ0) is 21.6. The number of nitro benzene ring substituents is 1. The van der Waals surface area contributed by atoms with E-state index in [-0.39, 0.29) is 10.6 Å². The Kier molecular flexibility index (Phi) is 4.56. The van der Waals surface area contributed by atoms with Gasteiger partial charge in [-0.1, -0.05) is 0 Å². The number of piperazine rings is 1. The number of non-ortho nitro benzene ring substituents is 1. The fourth-order valence-electron chi connectivity index (χ4n) is 3.83. The van der Waals surface area contributed by atoms with Gasteiger partial charge in [0.25, 0.3) is 5.69 Å². The summed E-state index contributed by atoms with van der Waals surface area (Å²) in [6.45, 7) is 1.64. The third-order valence-corrected chi connectivity index (χ3v) is 7.40. The summed E-state index contributed by atoms with van der Waals surface area (Å²) >= 11 is 0. The molecule has 4 heterocycles. The quantitative estimate of drug-likeness (QED) is 0.383. The normalized spacial score (nSPS) is 15.5. The van der Waals surface area contributed by atoms with Gasteiger partial charge in [-0.2, -0.15) is 4.31 Å². The van der Waals surface area contributed by atoms with E-state index in [4.69, 9.17) is 0 Å². The van der Waals surface area contributed by atoms with Crippen LogP contribution < -0.4 is 4.90 Å². The number of nitrogens with zero attached hydrogens (tertiary/aromatic N) is 5. The Balaban J connectivity index is 1.35. The van der Waals surface area contributed by atoms with E-state index in [2.05, 4.69) is 15.0 Å². The van der Waals surface area contributed by atoms with E-state index in [9.17, 15) is 18.5 Å². The number of H-pyrrole nitrogens is 1. The fraction of sp³-hybridized carbons (Fsp3) is 0.200. The molecule has 0 unspecified atom stereocenters. The predicted molar refractivity (Wildman–Crippen MR) is 115 cm³/mol. The number of sulfonamides is 1. The monoisotopic (exact) mass is 438 g/mol. The lowest BCUT2D eigenvalue weighted by Crippen LogP contribution is -2.48. The first-order chi connectivity index (χ1) is 14.9. The molecule has 0 radical (unpaired) electrons. The summed E-state index contributed by atoms with van der Waals surface area (Å²) in [7, 11) is -3.65. The van der Waals surface area contributed by atoms with E-state index in [1.54, 1.807) is 30.5 Å². The highest BCUT2D eigenvalue weighted by molar-refractivity contribution is 7.89. The van der Waals surface area contributed by atoms with Crippen molar-refractivity contribution in [2.24, 2.45) is 0 Å². The van der Waals surface area contributed by atoms with E-state index in [0.29, 0.717) is 48.1 Å². The lowest BCUT2D eigenvalue weighted by Gasteiger charge is -2.34. The van der Waals surface area contributed by atoms with Crippen molar-refractivity contribution in [2.45, 2.75) is 4.90 Å². The lowest BCUT2D eigenvalue weighted by atomic mass is 10.2. The fourth-order valence-corrected chi connectivity index (χ4v) is 5.41. The molecule has 1 aromatic carbocycles. The minimum absolute atomic E-state index is 0.0216. The van der Waals surface area contributed by atoms with Gasteiger partial charge in [0.2, 0.25) is 10.0 Å². The van der Waals surface area contributed by atoms with Crippen LogP contribution >= 0.6 is 0 Å². The van der Waals surface area contributed by atoms with Gasteiger partial charge in [-0.15, -0.1) is 0 Å². The molecule has 4 aromatic rings. The molecule has 1 N–H and O–H groups in total. The van der Waals surface area contributed by atoms with Crippen LogP contribution in [0.5, 0.6) is 0 Å². The third-order valence-electron chi connectivity index (χ3n) is 5.46. The average Bonchev–Trinajstić information content (AvgIpc) is 3.23. The molecular weight excluding hydrogens is 420 g/mol. The highest BCUT2D eigenvalue weighted by Crippen LogP contribution is 2.27. The van der Waals surface area contributed by atoms with Crippen molar-refractivity contribution >= 4 is 43.5 Å². The summed E-state index contributed by atoms with van der Waals surface area (Å²) in [6.07, 6.45) is 3.10. The molecule has 0 saturated carbocycles. The Morgan fingerprint density at radius 2 is 1.87 bits per heavy atom. The van der Waals surface area contributed by atoms with Crippen molar-refractivity contribution in [3.8, 4) is 0 Å². The number of pyridine rings is 2. The number of benzene rings is 1. The lowest BCUT2D eigenvalue weighted by molar-refractivity contribution is -0.384. The van der Waals surface area contributed by atoms with Gasteiger partial charge >= 0.3 is 0 Å². The molecule has 1 aliphatic rings. The van der Waals surface area contributed by atoms with Gasteiger partial charge in [-0.25, -0.2) is 18.4 Å². The summed E-state index contributed by atoms with van der Waals surface area (Å²) in [4.78, 5) is 24.4. The number of anilines is 1. The maximum atomic E-state index is 13.2. The zero-order valence-corrected chi connectivity index (χ0v) is 17.1. The maximum Gasteiger partial charge on any atom is 0.270 e. The molecule has 11 heteroatoms. The minimum atomic E-state index is -3.65. The molecule has 0 aliphatic carbocycles. The van der Waals surface area contributed by atoms with Crippen LogP contribution in [0.4, 0.5) is 11.5 Å². The summed E-state index contributed by atoms with van der Waals surface area (Å²) in [5.74, 6) is 0.717. The van der Waals surface area contributed by atoms with Crippen LogP contribution in [0.1, 0.15) is 0 Å². The molecule has 3 aromatic heterocycles. The van der Waals surface area contributed by atoms with Crippen LogP contribution in [0.25, 0.3) is 21.9 Å². The maximum absolute atomic E-state index is 13.2. The van der Waals surface area contributed by atoms with Gasteiger partial charge in [0, 0.05) is 61.5 Å². The molecule has 0 atom stereocenters. The molecule has 158 valence electrons. The molecular formula is C20H18N6O4S. The van der Waals surface area contributed by atoms with Crippen molar-refractivity contribution in [3.63, 3.8) is 0 Å². The van der Waals surface area contributed by atoms with E-state index < -0.39 is 14.9 Å². The number of hydrogen-bond acceptors (Lipinski definition) is 7. The predicted octanol–water partition coefficient (Wildman–Crippen LogP) is 2.53. The molecule has 1 aliphatic heterocycles. The summed E-state index contributed by atoms with van der Waals surface area (Å²) < 4.78 is 27.8. The first kappa shape index (κ1) is 19.4. The average molecular weight is 438 g/mol. The van der Waals surface area contributed by atoms with Crippen molar-refractivity contribution in [1.82, 2.24) is 19.3 Å². The number of aromatic nitrogens is 3. The second-order valence-corrected chi connectivity index (χ2v) is 9.15. The topological polar surface area (TPSA) is 125 Å². The number of aromatic amines is 1. The Morgan fingerprint density at radius 3 is 2.65 bits per heavy atom. The molecule has 1 fully saturated rings. The number of nitro groups is 1. The third kappa shape index (κ3) is 3.37. The second kappa shape index (κ2) is 7.29. The van der Waals surface area contributed by atoms with E-state index in [1.165, 1.54) is 22.6 Å². The number of hydrogen-bond donors (Lipinski definition) is 1. The Labute approximate surface area is 177 Å². The smallest absolute Gasteiger partial charge is 0.270 e. The largest absolute Gasteiger partial charge is 0.354 e. The molecule has 0 amide bonds. The van der Waals surface area contributed by atoms with Crippen LogP contribution in [-0.2, 0) is 10.0 Å². The van der Waals surface area contributed by atoms with E-state index in [1.807, 2.05) is 11.0 Å². The highest BCUT2D eigenvalue weighted by Gasteiger charge is 2.31. The van der Waals surface area contributed by atoms with Crippen molar-refractivity contribution in [3.05, 3.63) is 65.0 Å². The van der Waals surface area contributed by atoms with Crippen molar-refractivity contribution < 1.29 is 13.3 Å².